The molecule has 0 bridgehead atoms. The van der Waals surface area contributed by atoms with E-state index in [2.05, 4.69) is 19.5 Å². The van der Waals surface area contributed by atoms with E-state index in [1.54, 1.807) is 0 Å². The summed E-state index contributed by atoms with van der Waals surface area (Å²) < 4.78 is 55.9. The molecule has 6 N–H and O–H groups in total. The van der Waals surface area contributed by atoms with Gasteiger partial charge in [-0.05, 0) is 0 Å². The normalized spacial score (nSPS) is 24.6. The number of phosphoric acid groups is 1. The average molecular weight is 507 g/mol. The number of imidazole rings is 1. The van der Waals surface area contributed by atoms with Gasteiger partial charge in [-0.2, -0.15) is 0 Å². The molecule has 2 aromatic rings. The molecule has 16 nitrogen and oxygen atoms in total. The fourth-order valence-corrected chi connectivity index (χ4v) is 2.66. The SMILES string of the molecule is Nc1ncnc2c1ncn2[C@@H]1O[C@H](COP(=O)(O)O)[C@@H](O)[C@H]1O.O=S(=O)([O-])[O-].[Cu+2]. The van der Waals surface area contributed by atoms with Gasteiger partial charge in [0.05, 0.1) is 12.9 Å². The summed E-state index contributed by atoms with van der Waals surface area (Å²) >= 11 is 0. The number of hydrogen-bond acceptors (Lipinski definition) is 13. The topological polar surface area (TPSA) is 266 Å². The van der Waals surface area contributed by atoms with E-state index in [0.29, 0.717) is 5.52 Å². The van der Waals surface area contributed by atoms with Crippen molar-refractivity contribution in [3.8, 4) is 0 Å². The largest absolute Gasteiger partial charge is 2.00 e. The van der Waals surface area contributed by atoms with Gasteiger partial charge in [-0.3, -0.25) is 17.5 Å². The summed E-state index contributed by atoms with van der Waals surface area (Å²) in [6.07, 6.45) is -2.49. The van der Waals surface area contributed by atoms with Crippen molar-refractivity contribution in [1.82, 2.24) is 19.5 Å². The molecule has 0 saturated carbocycles. The Morgan fingerprint density at radius 2 is 1.83 bits per heavy atom. The fourth-order valence-electron chi connectivity index (χ4n) is 2.32. The molecule has 3 rings (SSSR count). The Hall–Kier alpha value is -1.27. The third-order valence-electron chi connectivity index (χ3n) is 3.41. The van der Waals surface area contributed by atoms with Crippen molar-refractivity contribution in [2.24, 2.45) is 0 Å². The monoisotopic (exact) mass is 506 g/mol. The van der Waals surface area contributed by atoms with Crippen LogP contribution in [-0.2, 0) is 41.3 Å². The molecule has 4 atom stereocenters. The van der Waals surface area contributed by atoms with Gasteiger partial charge >= 0.3 is 24.9 Å². The second-order valence-electron chi connectivity index (χ2n) is 5.32. The molecule has 2 aromatic heterocycles. The number of ether oxygens (including phenoxy) is 1. The van der Waals surface area contributed by atoms with Crippen LogP contribution in [0.3, 0.4) is 0 Å². The van der Waals surface area contributed by atoms with E-state index in [1.165, 1.54) is 17.2 Å². The third kappa shape index (κ3) is 7.18. The van der Waals surface area contributed by atoms with Crippen molar-refractivity contribution in [2.75, 3.05) is 12.3 Å². The number of aromatic nitrogens is 4. The van der Waals surface area contributed by atoms with Gasteiger partial charge in [-0.25, -0.2) is 19.5 Å². The van der Waals surface area contributed by atoms with Crippen LogP contribution in [0, 0.1) is 0 Å². The van der Waals surface area contributed by atoms with Crippen molar-refractivity contribution >= 4 is 35.2 Å². The van der Waals surface area contributed by atoms with Gasteiger partial charge in [0.2, 0.25) is 0 Å². The summed E-state index contributed by atoms with van der Waals surface area (Å²) in [4.78, 5) is 29.2. The van der Waals surface area contributed by atoms with E-state index in [9.17, 15) is 14.8 Å². The predicted octanol–water partition coefficient (Wildman–Crippen LogP) is -3.20. The van der Waals surface area contributed by atoms with Crippen molar-refractivity contribution in [3.05, 3.63) is 12.7 Å². The Balaban J connectivity index is 0.000000628. The predicted molar refractivity (Wildman–Crippen MR) is 84.1 cm³/mol. The van der Waals surface area contributed by atoms with E-state index >= 15 is 0 Å². The number of fused-ring (bicyclic) bond motifs is 1. The first-order chi connectivity index (χ1) is 12.8. The number of nitrogens with zero attached hydrogens (tertiary/aromatic N) is 4. The van der Waals surface area contributed by atoms with E-state index in [-0.39, 0.29) is 28.5 Å². The van der Waals surface area contributed by atoms with Gasteiger partial charge in [0.15, 0.2) is 17.7 Å². The van der Waals surface area contributed by atoms with Crippen LogP contribution >= 0.6 is 7.82 Å². The molecular formula is C10H14CuN5O11PS. The standard InChI is InChI=1S/C10H14N5O7P.Cu.H2O4S/c11-8-5-9(13-2-12-8)15(3-14-5)10-7(17)6(16)4(22-10)1-21-23(18,19)20;;1-5(2,3)4/h2-4,6-7,10,16-17H,1H2,(H2,11,12,13)(H2,18,19,20);;(H2,1,2,3,4)/q;+2;/p-2/t4-,6-,7-,10-;;/m1../s1. The Morgan fingerprint density at radius 3 is 2.38 bits per heavy atom. The molecule has 0 spiro atoms. The van der Waals surface area contributed by atoms with Crippen LogP contribution in [0.2, 0.25) is 0 Å². The first-order valence-electron chi connectivity index (χ1n) is 7.09. The summed E-state index contributed by atoms with van der Waals surface area (Å²) in [7, 11) is -9.89. The first kappa shape index (κ1) is 25.8. The van der Waals surface area contributed by atoms with Crippen molar-refractivity contribution in [3.63, 3.8) is 0 Å². The fraction of sp³-hybridized carbons (Fsp3) is 0.500. The maximum atomic E-state index is 10.7. The molecule has 1 radical (unpaired) electrons. The van der Waals surface area contributed by atoms with Crippen molar-refractivity contribution in [2.45, 2.75) is 24.5 Å². The minimum Gasteiger partial charge on any atom is -0.759 e. The van der Waals surface area contributed by atoms with Gasteiger partial charge in [-0.1, -0.05) is 0 Å². The number of phosphoric ester groups is 1. The minimum absolute atomic E-state index is 0. The maximum absolute atomic E-state index is 10.7. The van der Waals surface area contributed by atoms with Gasteiger partial charge in [-0.15, -0.1) is 0 Å². The average Bonchev–Trinajstić information content (AvgIpc) is 3.07. The number of hydrogen-bond donors (Lipinski definition) is 5. The Labute approximate surface area is 173 Å². The molecule has 29 heavy (non-hydrogen) atoms. The summed E-state index contributed by atoms with van der Waals surface area (Å²) in [6, 6.07) is 0. The van der Waals surface area contributed by atoms with Gasteiger partial charge in [0, 0.05) is 10.4 Å². The number of rotatable bonds is 4. The zero-order valence-electron chi connectivity index (χ0n) is 13.8. The minimum atomic E-state index is -5.17. The quantitative estimate of drug-likeness (QED) is 0.118. The van der Waals surface area contributed by atoms with Gasteiger partial charge < -0.3 is 39.6 Å². The van der Waals surface area contributed by atoms with Gasteiger partial charge in [0.25, 0.3) is 0 Å². The van der Waals surface area contributed by atoms with E-state index in [1.807, 2.05) is 0 Å². The number of nitrogen functional groups attached to an aromatic ring is 1. The van der Waals surface area contributed by atoms with Crippen molar-refractivity contribution in [1.29, 1.82) is 0 Å². The molecule has 1 fully saturated rings. The summed E-state index contributed by atoms with van der Waals surface area (Å²) in [5, 5.41) is 20.1. The number of nitrogens with two attached hydrogens (primary N) is 1. The Bertz CT molecular complexity index is 976. The van der Waals surface area contributed by atoms with E-state index in [0.717, 1.165) is 0 Å². The Kier molecular flexibility index (Phi) is 8.61. The van der Waals surface area contributed by atoms with Crippen LogP contribution in [0.4, 0.5) is 5.82 Å². The van der Waals surface area contributed by atoms with Crippen LogP contribution in [0.15, 0.2) is 12.7 Å². The van der Waals surface area contributed by atoms with Crippen LogP contribution in [0.1, 0.15) is 6.23 Å². The summed E-state index contributed by atoms with van der Waals surface area (Å²) in [5.41, 5.74) is 6.25. The molecule has 1 aliphatic rings. The zero-order valence-corrected chi connectivity index (χ0v) is 16.5. The number of anilines is 1. The third-order valence-corrected chi connectivity index (χ3v) is 3.89. The molecule has 1 aliphatic heterocycles. The second-order valence-corrected chi connectivity index (χ2v) is 7.38. The van der Waals surface area contributed by atoms with Crippen LogP contribution < -0.4 is 5.73 Å². The molecule has 19 heteroatoms. The molecule has 0 unspecified atom stereocenters. The summed E-state index contributed by atoms with van der Waals surface area (Å²) in [5.74, 6) is 0.142. The number of aliphatic hydroxyl groups is 2. The molecule has 3 heterocycles. The van der Waals surface area contributed by atoms with Gasteiger partial charge in [0.1, 0.15) is 30.2 Å². The maximum Gasteiger partial charge on any atom is 2.00 e. The van der Waals surface area contributed by atoms with Crippen LogP contribution in [0.5, 0.6) is 0 Å². The molecule has 0 aromatic carbocycles. The van der Waals surface area contributed by atoms with Crippen LogP contribution in [-0.4, -0.2) is 82.0 Å². The van der Waals surface area contributed by atoms with Crippen LogP contribution in [0.25, 0.3) is 11.2 Å². The molecule has 1 saturated heterocycles. The van der Waals surface area contributed by atoms with Crippen molar-refractivity contribution < 1.29 is 68.4 Å². The Morgan fingerprint density at radius 1 is 1.24 bits per heavy atom. The molecular weight excluding hydrogens is 493 g/mol. The summed E-state index contributed by atoms with van der Waals surface area (Å²) in [6.45, 7) is -0.594. The molecule has 0 amide bonds. The number of aliphatic hydroxyl groups excluding tert-OH is 2. The van der Waals surface area contributed by atoms with E-state index < -0.39 is 49.4 Å². The second kappa shape index (κ2) is 9.69. The van der Waals surface area contributed by atoms with E-state index in [4.69, 9.17) is 37.8 Å². The first-order valence-corrected chi connectivity index (χ1v) is 9.95. The molecule has 167 valence electrons. The smallest absolute Gasteiger partial charge is 0.759 e. The molecule has 0 aliphatic carbocycles. The zero-order chi connectivity index (χ0) is 21.3.